The Balaban J connectivity index is 5.48. The molecule has 0 fully saturated rings. The second-order valence-electron chi connectivity index (χ2n) is 8.31. The maximum absolute atomic E-state index is 12.8. The summed E-state index contributed by atoms with van der Waals surface area (Å²) in [4.78, 5) is 71.4. The van der Waals surface area contributed by atoms with E-state index in [9.17, 15) is 33.9 Å². The molecule has 0 saturated heterocycles. The highest BCUT2D eigenvalue weighted by atomic mass is 16.4. The third-order valence-corrected chi connectivity index (χ3v) is 4.67. The number of hydrogen-bond acceptors (Lipinski definition) is 8. The highest BCUT2D eigenvalue weighted by molar-refractivity contribution is 5.96. The minimum atomic E-state index is -1.50. The Morgan fingerprint density at radius 2 is 1.32 bits per heavy atom. The van der Waals surface area contributed by atoms with Crippen LogP contribution in [0.3, 0.4) is 0 Å². The van der Waals surface area contributed by atoms with Gasteiger partial charge in [-0.15, -0.1) is 0 Å². The minimum Gasteiger partial charge on any atom is -0.481 e. The van der Waals surface area contributed by atoms with E-state index >= 15 is 0 Å². The zero-order valence-corrected chi connectivity index (χ0v) is 19.4. The van der Waals surface area contributed by atoms with E-state index in [-0.39, 0.29) is 18.8 Å². The first kappa shape index (κ1) is 30.7. The van der Waals surface area contributed by atoms with Crippen molar-refractivity contribution in [2.75, 3.05) is 6.54 Å². The lowest BCUT2D eigenvalue weighted by atomic mass is 10.0. The Morgan fingerprint density at radius 1 is 0.794 bits per heavy atom. The molecule has 11 N–H and O–H groups in total. The van der Waals surface area contributed by atoms with Crippen LogP contribution in [-0.4, -0.2) is 76.5 Å². The number of carboxylic acids is 2. The summed E-state index contributed by atoms with van der Waals surface area (Å²) >= 11 is 0. The van der Waals surface area contributed by atoms with Gasteiger partial charge in [-0.25, -0.2) is 4.79 Å². The van der Waals surface area contributed by atoms with Crippen molar-refractivity contribution in [3.05, 3.63) is 0 Å². The number of primary amides is 1. The lowest BCUT2D eigenvalue weighted by molar-refractivity contribution is -0.142. The number of nitrogens with two attached hydrogens (primary N) is 3. The van der Waals surface area contributed by atoms with Crippen molar-refractivity contribution in [3.8, 4) is 0 Å². The number of carbonyl (C=O) groups excluding carboxylic acids is 4. The van der Waals surface area contributed by atoms with Crippen LogP contribution in [0.5, 0.6) is 0 Å². The van der Waals surface area contributed by atoms with Gasteiger partial charge >= 0.3 is 11.9 Å². The smallest absolute Gasteiger partial charge is 0.326 e. The average Bonchev–Trinajstić information content (AvgIpc) is 2.70. The molecule has 0 aliphatic heterocycles. The molecule has 0 bridgehead atoms. The predicted molar refractivity (Wildman–Crippen MR) is 120 cm³/mol. The summed E-state index contributed by atoms with van der Waals surface area (Å²) in [5, 5.41) is 25.1. The number of aliphatic carboxylic acids is 2. The summed E-state index contributed by atoms with van der Waals surface area (Å²) in [5.41, 5.74) is 16.1. The molecular weight excluding hydrogens is 452 g/mol. The Kier molecular flexibility index (Phi) is 14.1. The largest absolute Gasteiger partial charge is 0.481 e. The van der Waals surface area contributed by atoms with E-state index < -0.39 is 72.6 Å². The molecule has 0 aromatic heterocycles. The van der Waals surface area contributed by atoms with Gasteiger partial charge in [-0.1, -0.05) is 13.8 Å². The van der Waals surface area contributed by atoms with Gasteiger partial charge in [0.25, 0.3) is 0 Å². The number of nitrogens with one attached hydrogen (secondary N) is 3. The summed E-state index contributed by atoms with van der Waals surface area (Å²) in [5.74, 6) is -6.30. The van der Waals surface area contributed by atoms with Crippen LogP contribution in [-0.2, 0) is 28.8 Å². The summed E-state index contributed by atoms with van der Waals surface area (Å²) < 4.78 is 0. The van der Waals surface area contributed by atoms with Gasteiger partial charge in [-0.2, -0.15) is 0 Å². The average molecular weight is 489 g/mol. The molecule has 194 valence electrons. The van der Waals surface area contributed by atoms with Crippen LogP contribution >= 0.6 is 0 Å². The van der Waals surface area contributed by atoms with Crippen LogP contribution in [0.4, 0.5) is 0 Å². The van der Waals surface area contributed by atoms with E-state index in [0.717, 1.165) is 0 Å². The molecule has 0 radical (unpaired) electrons. The zero-order valence-electron chi connectivity index (χ0n) is 19.4. The highest BCUT2D eigenvalue weighted by Crippen LogP contribution is 2.08. The van der Waals surface area contributed by atoms with Crippen LogP contribution in [0.15, 0.2) is 0 Å². The van der Waals surface area contributed by atoms with E-state index in [1.54, 1.807) is 13.8 Å². The topological polar surface area (TPSA) is 257 Å². The normalized spacial score (nSPS) is 14.4. The predicted octanol–water partition coefficient (Wildman–Crippen LogP) is -2.62. The summed E-state index contributed by atoms with van der Waals surface area (Å²) in [6.07, 6.45) is -0.105. The molecule has 0 rings (SSSR count). The van der Waals surface area contributed by atoms with Gasteiger partial charge in [-0.3, -0.25) is 24.0 Å². The van der Waals surface area contributed by atoms with E-state index in [1.807, 2.05) is 0 Å². The van der Waals surface area contributed by atoms with E-state index in [0.29, 0.717) is 19.4 Å². The minimum absolute atomic E-state index is 0.0863. The first-order valence-electron chi connectivity index (χ1n) is 10.9. The fourth-order valence-corrected chi connectivity index (χ4v) is 2.97. The Hall–Kier alpha value is -3.26. The van der Waals surface area contributed by atoms with Gasteiger partial charge in [0.2, 0.25) is 23.6 Å². The van der Waals surface area contributed by atoms with Gasteiger partial charge < -0.3 is 43.4 Å². The highest BCUT2D eigenvalue weighted by Gasteiger charge is 2.31. The van der Waals surface area contributed by atoms with Crippen molar-refractivity contribution in [1.82, 2.24) is 16.0 Å². The number of carboxylic acid groups (broad SMARTS) is 2. The molecule has 4 unspecified atom stereocenters. The zero-order chi connectivity index (χ0) is 26.4. The number of rotatable bonds is 17. The Bertz CT molecular complexity index is 745. The standard InChI is InChI=1S/C20H36N6O8/c1-10(2)7-13(25-17(30)11(22)8-16(28)29)18(31)26-14(9-15(23)27)19(32)24-12(20(33)34)5-3-4-6-21/h10-14H,3-9,21-22H2,1-2H3,(H2,23,27)(H,24,32)(H,25,30)(H,26,31)(H,28,29)(H,33,34). The molecule has 0 spiro atoms. The molecule has 0 saturated carbocycles. The summed E-state index contributed by atoms with van der Waals surface area (Å²) in [6, 6.07) is -5.38. The van der Waals surface area contributed by atoms with E-state index in [2.05, 4.69) is 16.0 Å². The molecule has 14 nitrogen and oxygen atoms in total. The van der Waals surface area contributed by atoms with Gasteiger partial charge in [0, 0.05) is 0 Å². The monoisotopic (exact) mass is 488 g/mol. The van der Waals surface area contributed by atoms with Gasteiger partial charge in [-0.05, 0) is 38.1 Å². The number of carbonyl (C=O) groups is 6. The second kappa shape index (κ2) is 15.6. The third kappa shape index (κ3) is 12.7. The third-order valence-electron chi connectivity index (χ3n) is 4.67. The molecule has 0 aliphatic carbocycles. The first-order chi connectivity index (χ1) is 15.8. The number of unbranched alkanes of at least 4 members (excludes halogenated alkanes) is 1. The van der Waals surface area contributed by atoms with Crippen LogP contribution in [0.2, 0.25) is 0 Å². The van der Waals surface area contributed by atoms with Gasteiger partial charge in [0.1, 0.15) is 18.1 Å². The van der Waals surface area contributed by atoms with E-state index in [4.69, 9.17) is 22.3 Å². The van der Waals surface area contributed by atoms with Crippen LogP contribution in [0.1, 0.15) is 52.4 Å². The lowest BCUT2D eigenvalue weighted by Crippen LogP contribution is -2.58. The van der Waals surface area contributed by atoms with E-state index in [1.165, 1.54) is 0 Å². The number of hydrogen-bond donors (Lipinski definition) is 8. The van der Waals surface area contributed by atoms with Crippen molar-refractivity contribution in [2.24, 2.45) is 23.1 Å². The molecular formula is C20H36N6O8. The van der Waals surface area contributed by atoms with Crippen molar-refractivity contribution in [1.29, 1.82) is 0 Å². The van der Waals surface area contributed by atoms with Crippen molar-refractivity contribution < 1.29 is 39.0 Å². The van der Waals surface area contributed by atoms with Crippen LogP contribution < -0.4 is 33.2 Å². The maximum atomic E-state index is 12.8. The summed E-state index contributed by atoms with van der Waals surface area (Å²) in [7, 11) is 0. The summed E-state index contributed by atoms with van der Waals surface area (Å²) in [6.45, 7) is 3.87. The molecule has 0 heterocycles. The van der Waals surface area contributed by atoms with Crippen molar-refractivity contribution in [3.63, 3.8) is 0 Å². The van der Waals surface area contributed by atoms with Crippen LogP contribution in [0.25, 0.3) is 0 Å². The van der Waals surface area contributed by atoms with Gasteiger partial charge in [0.15, 0.2) is 0 Å². The molecule has 14 heteroatoms. The quantitative estimate of drug-likeness (QED) is 0.0988. The fraction of sp³-hybridized carbons (Fsp3) is 0.700. The van der Waals surface area contributed by atoms with Crippen LogP contribution in [0, 0.1) is 5.92 Å². The molecule has 0 aliphatic rings. The Labute approximate surface area is 197 Å². The SMILES string of the molecule is CC(C)CC(NC(=O)C(N)CC(=O)O)C(=O)NC(CC(N)=O)C(=O)NC(CCCCN)C(=O)O. The fourth-order valence-electron chi connectivity index (χ4n) is 2.97. The Morgan fingerprint density at radius 3 is 1.79 bits per heavy atom. The second-order valence-corrected chi connectivity index (χ2v) is 8.31. The number of amides is 4. The van der Waals surface area contributed by atoms with Gasteiger partial charge in [0.05, 0.1) is 18.9 Å². The molecule has 0 aromatic carbocycles. The first-order valence-corrected chi connectivity index (χ1v) is 10.9. The molecule has 34 heavy (non-hydrogen) atoms. The van der Waals surface area contributed by atoms with Crippen molar-refractivity contribution >= 4 is 35.6 Å². The van der Waals surface area contributed by atoms with Crippen molar-refractivity contribution in [2.45, 2.75) is 76.5 Å². The maximum Gasteiger partial charge on any atom is 0.326 e. The lowest BCUT2D eigenvalue weighted by Gasteiger charge is -2.25. The molecule has 4 atom stereocenters. The molecule has 0 aromatic rings. The molecule has 4 amide bonds.